The third-order valence-electron chi connectivity index (χ3n) is 3.98. The van der Waals surface area contributed by atoms with Crippen LogP contribution in [0.3, 0.4) is 0 Å². The first-order valence-electron chi connectivity index (χ1n) is 8.24. The summed E-state index contributed by atoms with van der Waals surface area (Å²) in [6, 6.07) is 4.60. The number of ketones is 1. The summed E-state index contributed by atoms with van der Waals surface area (Å²) < 4.78 is 10.2. The van der Waals surface area contributed by atoms with E-state index in [-0.39, 0.29) is 27.9 Å². The number of aromatic amines is 1. The predicted molar refractivity (Wildman–Crippen MR) is 102 cm³/mol. The van der Waals surface area contributed by atoms with Gasteiger partial charge in [0.1, 0.15) is 0 Å². The molecular formula is C19H19Cl2NO5. The number of benzene rings is 1. The van der Waals surface area contributed by atoms with E-state index in [0.717, 1.165) is 0 Å². The number of H-pyrrole nitrogens is 1. The number of ether oxygens (including phenoxy) is 2. The van der Waals surface area contributed by atoms with E-state index in [0.29, 0.717) is 16.8 Å². The van der Waals surface area contributed by atoms with Crippen LogP contribution in [0.4, 0.5) is 0 Å². The SMILES string of the molecule is CCOC(=O)c1c(C)[nH]c(C(=O)C(C)OC(=O)c2c(Cl)cccc2Cl)c1C. The standard InChI is InChI=1S/C19H19Cl2NO5/c1-5-26-18(24)14-9(2)16(22-10(14)3)17(23)11(4)27-19(25)15-12(20)7-6-8-13(15)21/h6-8,11,22H,5H2,1-4H3. The molecule has 2 aromatic rings. The van der Waals surface area contributed by atoms with Gasteiger partial charge >= 0.3 is 11.9 Å². The highest BCUT2D eigenvalue weighted by Crippen LogP contribution is 2.26. The molecule has 0 saturated carbocycles. The summed E-state index contributed by atoms with van der Waals surface area (Å²) in [4.78, 5) is 40.0. The third kappa shape index (κ3) is 4.34. The van der Waals surface area contributed by atoms with Crippen molar-refractivity contribution in [2.24, 2.45) is 0 Å². The van der Waals surface area contributed by atoms with Gasteiger partial charge in [0.15, 0.2) is 6.10 Å². The maximum absolute atomic E-state index is 12.7. The van der Waals surface area contributed by atoms with E-state index in [1.54, 1.807) is 26.8 Å². The Balaban J connectivity index is 2.24. The number of halogens is 2. The molecule has 0 amide bonds. The summed E-state index contributed by atoms with van der Waals surface area (Å²) in [7, 11) is 0. The molecule has 0 fully saturated rings. The number of esters is 2. The van der Waals surface area contributed by atoms with Crippen LogP contribution >= 0.6 is 23.2 Å². The van der Waals surface area contributed by atoms with Gasteiger partial charge in [0.05, 0.1) is 33.5 Å². The Labute approximate surface area is 166 Å². The molecule has 27 heavy (non-hydrogen) atoms. The van der Waals surface area contributed by atoms with Gasteiger partial charge in [-0.15, -0.1) is 0 Å². The largest absolute Gasteiger partial charge is 0.462 e. The van der Waals surface area contributed by atoms with Crippen LogP contribution in [0.15, 0.2) is 18.2 Å². The molecule has 0 aliphatic rings. The number of carbonyl (C=O) groups is 3. The Bertz CT molecular complexity index is 883. The van der Waals surface area contributed by atoms with Gasteiger partial charge in [0, 0.05) is 5.69 Å². The van der Waals surface area contributed by atoms with E-state index in [9.17, 15) is 14.4 Å². The molecule has 8 heteroatoms. The van der Waals surface area contributed by atoms with Crippen LogP contribution < -0.4 is 0 Å². The lowest BCUT2D eigenvalue weighted by Crippen LogP contribution is -2.25. The van der Waals surface area contributed by atoms with Crippen LogP contribution in [-0.4, -0.2) is 35.4 Å². The lowest BCUT2D eigenvalue weighted by molar-refractivity contribution is 0.0317. The zero-order chi connectivity index (χ0) is 20.3. The fourth-order valence-electron chi connectivity index (χ4n) is 2.67. The summed E-state index contributed by atoms with van der Waals surface area (Å²) in [5.41, 5.74) is 1.41. The summed E-state index contributed by atoms with van der Waals surface area (Å²) in [6.07, 6.45) is -1.11. The lowest BCUT2D eigenvalue weighted by atomic mass is 10.1. The van der Waals surface area contributed by atoms with E-state index in [1.807, 2.05) is 0 Å². The van der Waals surface area contributed by atoms with Gasteiger partial charge < -0.3 is 14.5 Å². The van der Waals surface area contributed by atoms with Crippen LogP contribution in [0.5, 0.6) is 0 Å². The number of aryl methyl sites for hydroxylation is 1. The highest BCUT2D eigenvalue weighted by Gasteiger charge is 2.28. The summed E-state index contributed by atoms with van der Waals surface area (Å²) in [5, 5.41) is 0.257. The van der Waals surface area contributed by atoms with Gasteiger partial charge in [-0.1, -0.05) is 29.3 Å². The van der Waals surface area contributed by atoms with Crippen LogP contribution in [0.25, 0.3) is 0 Å². The number of nitrogens with one attached hydrogen (secondary N) is 1. The average molecular weight is 412 g/mol. The molecule has 1 atom stereocenters. The smallest absolute Gasteiger partial charge is 0.341 e. The van der Waals surface area contributed by atoms with Crippen molar-refractivity contribution in [1.29, 1.82) is 0 Å². The van der Waals surface area contributed by atoms with Crippen molar-refractivity contribution < 1.29 is 23.9 Å². The van der Waals surface area contributed by atoms with Crippen molar-refractivity contribution in [3.05, 3.63) is 56.3 Å². The molecule has 1 heterocycles. The summed E-state index contributed by atoms with van der Waals surface area (Å²) in [5.74, 6) is -1.81. The van der Waals surface area contributed by atoms with Crippen molar-refractivity contribution in [1.82, 2.24) is 4.98 Å². The van der Waals surface area contributed by atoms with Crippen LogP contribution in [0, 0.1) is 13.8 Å². The minimum absolute atomic E-state index is 0.00733. The first kappa shape index (κ1) is 21.0. The minimum Gasteiger partial charge on any atom is -0.462 e. The van der Waals surface area contributed by atoms with Crippen LogP contribution in [-0.2, 0) is 9.47 Å². The van der Waals surface area contributed by atoms with Crippen molar-refractivity contribution in [3.63, 3.8) is 0 Å². The highest BCUT2D eigenvalue weighted by atomic mass is 35.5. The molecule has 144 valence electrons. The Hall–Kier alpha value is -2.31. The third-order valence-corrected chi connectivity index (χ3v) is 4.61. The molecule has 0 spiro atoms. The van der Waals surface area contributed by atoms with E-state index in [4.69, 9.17) is 32.7 Å². The van der Waals surface area contributed by atoms with Gasteiger partial charge in [0.25, 0.3) is 0 Å². The van der Waals surface area contributed by atoms with Gasteiger partial charge in [-0.2, -0.15) is 0 Å². The molecule has 1 aromatic heterocycles. The maximum atomic E-state index is 12.7. The predicted octanol–water partition coefficient (Wildman–Crippen LogP) is 4.54. The summed E-state index contributed by atoms with van der Waals surface area (Å²) in [6.45, 7) is 6.64. The average Bonchev–Trinajstić information content (AvgIpc) is 2.88. The Kier molecular flexibility index (Phi) is 6.68. The minimum atomic E-state index is -1.11. The quantitative estimate of drug-likeness (QED) is 0.556. The normalized spacial score (nSPS) is 11.8. The topological polar surface area (TPSA) is 85.5 Å². The molecule has 1 aromatic carbocycles. The van der Waals surface area contributed by atoms with Crippen molar-refractivity contribution in [2.45, 2.75) is 33.8 Å². The van der Waals surface area contributed by atoms with E-state index in [2.05, 4.69) is 4.98 Å². The molecule has 2 rings (SSSR count). The van der Waals surface area contributed by atoms with E-state index in [1.165, 1.54) is 19.1 Å². The molecule has 0 radical (unpaired) electrons. The molecule has 6 nitrogen and oxygen atoms in total. The van der Waals surface area contributed by atoms with Crippen LogP contribution in [0.1, 0.15) is 56.3 Å². The second kappa shape index (κ2) is 8.59. The molecular weight excluding hydrogens is 393 g/mol. The molecule has 0 aliphatic heterocycles. The first-order chi connectivity index (χ1) is 12.7. The molecule has 0 bridgehead atoms. The number of rotatable bonds is 6. The number of hydrogen-bond acceptors (Lipinski definition) is 5. The zero-order valence-corrected chi connectivity index (χ0v) is 16.8. The lowest BCUT2D eigenvalue weighted by Gasteiger charge is -2.13. The van der Waals surface area contributed by atoms with Crippen molar-refractivity contribution in [2.75, 3.05) is 6.61 Å². The van der Waals surface area contributed by atoms with Gasteiger partial charge in [0.2, 0.25) is 5.78 Å². The Morgan fingerprint density at radius 3 is 2.22 bits per heavy atom. The molecule has 1 unspecified atom stereocenters. The van der Waals surface area contributed by atoms with Crippen LogP contribution in [0.2, 0.25) is 10.0 Å². The monoisotopic (exact) mass is 411 g/mol. The highest BCUT2D eigenvalue weighted by molar-refractivity contribution is 6.39. The van der Waals surface area contributed by atoms with E-state index >= 15 is 0 Å². The number of carbonyl (C=O) groups excluding carboxylic acids is 3. The first-order valence-corrected chi connectivity index (χ1v) is 9.00. The zero-order valence-electron chi connectivity index (χ0n) is 15.3. The Morgan fingerprint density at radius 1 is 1.07 bits per heavy atom. The van der Waals surface area contributed by atoms with Gasteiger partial charge in [-0.3, -0.25) is 4.79 Å². The van der Waals surface area contributed by atoms with Gasteiger partial charge in [-0.05, 0) is 45.4 Å². The number of aromatic nitrogens is 1. The maximum Gasteiger partial charge on any atom is 0.341 e. The fraction of sp³-hybridized carbons (Fsp3) is 0.316. The molecule has 0 saturated heterocycles. The summed E-state index contributed by atoms with van der Waals surface area (Å²) >= 11 is 12.0. The second-order valence-electron chi connectivity index (χ2n) is 5.85. The van der Waals surface area contributed by atoms with E-state index < -0.39 is 23.8 Å². The number of hydrogen-bond donors (Lipinski definition) is 1. The van der Waals surface area contributed by atoms with Crippen molar-refractivity contribution in [3.8, 4) is 0 Å². The second-order valence-corrected chi connectivity index (χ2v) is 6.67. The fourth-order valence-corrected chi connectivity index (χ4v) is 3.23. The number of Topliss-reactive ketones (excluding diaryl/α,β-unsaturated/α-hetero) is 1. The van der Waals surface area contributed by atoms with Crippen molar-refractivity contribution >= 4 is 40.9 Å². The molecule has 1 N–H and O–H groups in total. The van der Waals surface area contributed by atoms with Gasteiger partial charge in [-0.25, -0.2) is 9.59 Å². The molecule has 0 aliphatic carbocycles. The Morgan fingerprint density at radius 2 is 1.67 bits per heavy atom.